The highest BCUT2D eigenvalue weighted by Gasteiger charge is 2.13. The molecule has 3 heteroatoms. The van der Waals surface area contributed by atoms with Gasteiger partial charge in [0.1, 0.15) is 5.75 Å². The number of carbonyl (C=O) groups excluding carboxylic acids is 1. The molecule has 3 nitrogen and oxygen atoms in total. The van der Waals surface area contributed by atoms with Crippen LogP contribution in [0.4, 0.5) is 0 Å². The van der Waals surface area contributed by atoms with Gasteiger partial charge in [-0.1, -0.05) is 48.0 Å². The van der Waals surface area contributed by atoms with Crippen LogP contribution in [-0.4, -0.2) is 18.2 Å². The van der Waals surface area contributed by atoms with Crippen LogP contribution in [0.15, 0.2) is 48.5 Å². The molecule has 1 N–H and O–H groups in total. The van der Waals surface area contributed by atoms with E-state index in [0.29, 0.717) is 11.1 Å². The van der Waals surface area contributed by atoms with Gasteiger partial charge in [-0.2, -0.15) is 0 Å². The maximum Gasteiger partial charge on any atom is 0.338 e. The van der Waals surface area contributed by atoms with Gasteiger partial charge in [0.05, 0.1) is 12.7 Å². The summed E-state index contributed by atoms with van der Waals surface area (Å²) in [5.74, 6) is -0.307. The number of methoxy groups -OCH3 is 1. The molecule has 0 aliphatic heterocycles. The zero-order chi connectivity index (χ0) is 14.5. The molecule has 2 rings (SSSR count). The summed E-state index contributed by atoms with van der Waals surface area (Å²) in [6, 6.07) is 14.4. The number of hydrogen-bond acceptors (Lipinski definition) is 3. The Morgan fingerprint density at radius 2 is 1.75 bits per heavy atom. The number of para-hydroxylation sites is 1. The topological polar surface area (TPSA) is 46.5 Å². The fourth-order valence-corrected chi connectivity index (χ4v) is 1.87. The van der Waals surface area contributed by atoms with Crippen molar-refractivity contribution in [2.45, 2.75) is 6.92 Å². The number of carbonyl (C=O) groups is 1. The van der Waals surface area contributed by atoms with Gasteiger partial charge in [-0.05, 0) is 24.6 Å². The van der Waals surface area contributed by atoms with Gasteiger partial charge in [0, 0.05) is 5.56 Å². The first-order valence-electron chi connectivity index (χ1n) is 6.27. The van der Waals surface area contributed by atoms with E-state index in [1.165, 1.54) is 7.11 Å². The number of ether oxygens (including phenoxy) is 1. The van der Waals surface area contributed by atoms with Crippen molar-refractivity contribution in [1.82, 2.24) is 0 Å². The second kappa shape index (κ2) is 6.06. The van der Waals surface area contributed by atoms with E-state index in [1.54, 1.807) is 30.3 Å². The summed E-state index contributed by atoms with van der Waals surface area (Å²) in [5.41, 5.74) is 2.86. The quantitative estimate of drug-likeness (QED) is 0.527. The summed E-state index contributed by atoms with van der Waals surface area (Å²) >= 11 is 0. The van der Waals surface area contributed by atoms with Gasteiger partial charge in [-0.3, -0.25) is 0 Å². The zero-order valence-electron chi connectivity index (χ0n) is 11.5. The van der Waals surface area contributed by atoms with Crippen LogP contribution in [0, 0.1) is 6.92 Å². The Morgan fingerprint density at radius 3 is 2.35 bits per heavy atom. The van der Waals surface area contributed by atoms with Gasteiger partial charge in [0.15, 0.2) is 0 Å². The summed E-state index contributed by atoms with van der Waals surface area (Å²) in [6.07, 6.45) is 1.63. The third kappa shape index (κ3) is 3.06. The average Bonchev–Trinajstić information content (AvgIpc) is 2.47. The molecule has 0 spiro atoms. The SMILES string of the molecule is COC(=O)C(=Cc1ccccc1O)c1ccc(C)cc1. The normalized spacial score (nSPS) is 11.2. The predicted molar refractivity (Wildman–Crippen MR) is 79.2 cm³/mol. The third-order valence-corrected chi connectivity index (χ3v) is 3.00. The molecule has 2 aromatic rings. The lowest BCUT2D eigenvalue weighted by Gasteiger charge is -2.07. The number of aryl methyl sites for hydroxylation is 1. The lowest BCUT2D eigenvalue weighted by molar-refractivity contribution is -0.133. The maximum absolute atomic E-state index is 11.9. The van der Waals surface area contributed by atoms with Crippen LogP contribution >= 0.6 is 0 Å². The van der Waals surface area contributed by atoms with Crippen LogP contribution in [0.5, 0.6) is 5.75 Å². The van der Waals surface area contributed by atoms with Crippen LogP contribution in [0.3, 0.4) is 0 Å². The van der Waals surface area contributed by atoms with Gasteiger partial charge in [-0.25, -0.2) is 4.79 Å². The Morgan fingerprint density at radius 1 is 1.10 bits per heavy atom. The fourth-order valence-electron chi connectivity index (χ4n) is 1.87. The number of rotatable bonds is 3. The summed E-state index contributed by atoms with van der Waals surface area (Å²) in [6.45, 7) is 1.98. The average molecular weight is 268 g/mol. The minimum absolute atomic E-state index is 0.126. The Kier molecular flexibility index (Phi) is 4.20. The Labute approximate surface area is 118 Å². The summed E-state index contributed by atoms with van der Waals surface area (Å²) in [5, 5.41) is 9.81. The number of benzene rings is 2. The van der Waals surface area contributed by atoms with E-state index in [1.807, 2.05) is 31.2 Å². The third-order valence-electron chi connectivity index (χ3n) is 3.00. The van der Waals surface area contributed by atoms with Crippen LogP contribution in [0.25, 0.3) is 11.6 Å². The molecule has 2 aromatic carbocycles. The molecule has 102 valence electrons. The van der Waals surface area contributed by atoms with Crippen molar-refractivity contribution in [3.05, 3.63) is 65.2 Å². The van der Waals surface area contributed by atoms with Crippen molar-refractivity contribution in [2.24, 2.45) is 0 Å². The Balaban J connectivity index is 2.51. The molecule has 0 aliphatic carbocycles. The second-order valence-corrected chi connectivity index (χ2v) is 4.47. The van der Waals surface area contributed by atoms with E-state index in [2.05, 4.69) is 0 Å². The largest absolute Gasteiger partial charge is 0.507 e. The predicted octanol–water partition coefficient (Wildman–Crippen LogP) is 3.41. The first kappa shape index (κ1) is 13.9. The zero-order valence-corrected chi connectivity index (χ0v) is 11.5. The van der Waals surface area contributed by atoms with Gasteiger partial charge in [-0.15, -0.1) is 0 Å². The molecule has 20 heavy (non-hydrogen) atoms. The van der Waals surface area contributed by atoms with Crippen LogP contribution < -0.4 is 0 Å². The van der Waals surface area contributed by atoms with E-state index in [4.69, 9.17) is 4.74 Å². The van der Waals surface area contributed by atoms with E-state index in [0.717, 1.165) is 11.1 Å². The Hall–Kier alpha value is -2.55. The van der Waals surface area contributed by atoms with Crippen LogP contribution in [0.1, 0.15) is 16.7 Å². The molecule has 0 saturated carbocycles. The number of phenols is 1. The molecule has 0 amide bonds. The van der Waals surface area contributed by atoms with Crippen molar-refractivity contribution >= 4 is 17.6 Å². The molecule has 0 radical (unpaired) electrons. The molecule has 0 unspecified atom stereocenters. The number of esters is 1. The van der Waals surface area contributed by atoms with Crippen molar-refractivity contribution in [3.63, 3.8) is 0 Å². The smallest absolute Gasteiger partial charge is 0.338 e. The van der Waals surface area contributed by atoms with Gasteiger partial charge in [0.2, 0.25) is 0 Å². The molecule has 0 bridgehead atoms. The first-order chi connectivity index (χ1) is 9.61. The molecule has 0 aliphatic rings. The number of aromatic hydroxyl groups is 1. The molecule has 0 atom stereocenters. The number of hydrogen-bond donors (Lipinski definition) is 1. The van der Waals surface area contributed by atoms with Crippen molar-refractivity contribution in [2.75, 3.05) is 7.11 Å². The lowest BCUT2D eigenvalue weighted by Crippen LogP contribution is -2.03. The van der Waals surface area contributed by atoms with Crippen LogP contribution in [-0.2, 0) is 9.53 Å². The molecule has 0 fully saturated rings. The monoisotopic (exact) mass is 268 g/mol. The minimum Gasteiger partial charge on any atom is -0.507 e. The minimum atomic E-state index is -0.433. The lowest BCUT2D eigenvalue weighted by atomic mass is 10.0. The summed E-state index contributed by atoms with van der Waals surface area (Å²) < 4.78 is 4.82. The van der Waals surface area contributed by atoms with Gasteiger partial charge < -0.3 is 9.84 Å². The van der Waals surface area contributed by atoms with E-state index >= 15 is 0 Å². The molecular formula is C17H16O3. The molecule has 0 saturated heterocycles. The van der Waals surface area contributed by atoms with Gasteiger partial charge in [0.25, 0.3) is 0 Å². The van der Waals surface area contributed by atoms with Gasteiger partial charge >= 0.3 is 5.97 Å². The number of phenolic OH excluding ortho intramolecular Hbond substituents is 1. The van der Waals surface area contributed by atoms with E-state index < -0.39 is 5.97 Å². The summed E-state index contributed by atoms with van der Waals surface area (Å²) in [4.78, 5) is 11.9. The van der Waals surface area contributed by atoms with Crippen molar-refractivity contribution in [3.8, 4) is 5.75 Å². The maximum atomic E-state index is 11.9. The van der Waals surface area contributed by atoms with Crippen molar-refractivity contribution in [1.29, 1.82) is 0 Å². The van der Waals surface area contributed by atoms with E-state index in [9.17, 15) is 9.90 Å². The highest BCUT2D eigenvalue weighted by Crippen LogP contribution is 2.24. The Bertz CT molecular complexity index is 640. The first-order valence-corrected chi connectivity index (χ1v) is 6.27. The highest BCUT2D eigenvalue weighted by atomic mass is 16.5. The second-order valence-electron chi connectivity index (χ2n) is 4.47. The molecular weight excluding hydrogens is 252 g/mol. The standard InChI is InChI=1S/C17H16O3/c1-12-7-9-13(10-8-12)15(17(19)20-2)11-14-5-3-4-6-16(14)18/h3-11,18H,1-2H3. The van der Waals surface area contributed by atoms with Crippen LogP contribution in [0.2, 0.25) is 0 Å². The van der Waals surface area contributed by atoms with Crippen molar-refractivity contribution < 1.29 is 14.6 Å². The van der Waals surface area contributed by atoms with E-state index in [-0.39, 0.29) is 5.75 Å². The molecule has 0 aromatic heterocycles. The summed E-state index contributed by atoms with van der Waals surface area (Å²) in [7, 11) is 1.34. The highest BCUT2D eigenvalue weighted by molar-refractivity contribution is 6.21. The fraction of sp³-hybridized carbons (Fsp3) is 0.118. The molecule has 0 heterocycles.